The normalized spacial score (nSPS) is 12.1. The Morgan fingerprint density at radius 1 is 1.35 bits per heavy atom. The second-order valence-corrected chi connectivity index (χ2v) is 4.36. The highest BCUT2D eigenvalue weighted by molar-refractivity contribution is 5.93. The summed E-state index contributed by atoms with van der Waals surface area (Å²) in [5.41, 5.74) is 0.686. The molecular weight excluding hydrogens is 212 g/mol. The molecule has 1 heterocycles. The fourth-order valence-corrected chi connectivity index (χ4v) is 1.79. The number of pyridine rings is 1. The molecule has 17 heavy (non-hydrogen) atoms. The molecule has 0 aliphatic heterocycles. The highest BCUT2D eigenvalue weighted by atomic mass is 16.1. The molecule has 94 valence electrons. The summed E-state index contributed by atoms with van der Waals surface area (Å²) >= 11 is 0. The van der Waals surface area contributed by atoms with Crippen molar-refractivity contribution in [3.8, 4) is 0 Å². The molecule has 0 fully saturated rings. The zero-order valence-corrected chi connectivity index (χ0v) is 10.8. The Balaban J connectivity index is 2.36. The molecule has 0 spiro atoms. The lowest BCUT2D eigenvalue weighted by atomic mass is 9.99. The fraction of sp³-hybridized carbons (Fsp3) is 0.571. The van der Waals surface area contributed by atoms with Gasteiger partial charge in [0, 0.05) is 24.5 Å². The van der Waals surface area contributed by atoms with Gasteiger partial charge in [0.15, 0.2) is 0 Å². The van der Waals surface area contributed by atoms with E-state index in [2.05, 4.69) is 24.1 Å². The van der Waals surface area contributed by atoms with Crippen LogP contribution in [0.5, 0.6) is 0 Å². The van der Waals surface area contributed by atoms with Crippen molar-refractivity contribution < 1.29 is 4.79 Å². The van der Waals surface area contributed by atoms with Gasteiger partial charge in [-0.2, -0.15) is 0 Å². The van der Waals surface area contributed by atoms with E-state index in [4.69, 9.17) is 0 Å². The Hall–Kier alpha value is -1.38. The van der Waals surface area contributed by atoms with Crippen molar-refractivity contribution in [2.45, 2.75) is 39.5 Å². The zero-order valence-electron chi connectivity index (χ0n) is 10.8. The van der Waals surface area contributed by atoms with Crippen LogP contribution in [0.25, 0.3) is 0 Å². The summed E-state index contributed by atoms with van der Waals surface area (Å²) in [6.45, 7) is 5.15. The van der Waals surface area contributed by atoms with Gasteiger partial charge in [-0.3, -0.25) is 9.78 Å². The number of aromatic nitrogens is 1. The number of rotatable bonds is 7. The van der Waals surface area contributed by atoms with Gasteiger partial charge in [-0.15, -0.1) is 0 Å². The summed E-state index contributed by atoms with van der Waals surface area (Å²) in [6.07, 6.45) is 8.06. The molecule has 0 bridgehead atoms. The van der Waals surface area contributed by atoms with Crippen molar-refractivity contribution >= 4 is 5.91 Å². The third kappa shape index (κ3) is 4.98. The van der Waals surface area contributed by atoms with Gasteiger partial charge in [0.05, 0.1) is 0 Å². The van der Waals surface area contributed by atoms with Crippen molar-refractivity contribution in [1.82, 2.24) is 10.3 Å². The third-order valence-corrected chi connectivity index (χ3v) is 3.04. The molecule has 1 amide bonds. The third-order valence-electron chi connectivity index (χ3n) is 3.04. The number of nitrogens with zero attached hydrogens (tertiary/aromatic N) is 1. The molecule has 0 saturated carbocycles. The number of hydrogen-bond donors (Lipinski definition) is 1. The molecule has 3 nitrogen and oxygen atoms in total. The van der Waals surface area contributed by atoms with Crippen LogP contribution in [0.15, 0.2) is 24.5 Å². The second kappa shape index (κ2) is 7.82. The molecule has 3 heteroatoms. The summed E-state index contributed by atoms with van der Waals surface area (Å²) in [7, 11) is 0. The first kappa shape index (κ1) is 13.7. The summed E-state index contributed by atoms with van der Waals surface area (Å²) in [4.78, 5) is 15.7. The average Bonchev–Trinajstić information content (AvgIpc) is 2.39. The van der Waals surface area contributed by atoms with E-state index in [1.807, 2.05) is 0 Å². The van der Waals surface area contributed by atoms with E-state index in [0.29, 0.717) is 11.5 Å². The lowest BCUT2D eigenvalue weighted by Crippen LogP contribution is -2.29. The van der Waals surface area contributed by atoms with Crippen LogP contribution in [-0.2, 0) is 0 Å². The van der Waals surface area contributed by atoms with Gasteiger partial charge in [-0.25, -0.2) is 0 Å². The number of hydrogen-bond acceptors (Lipinski definition) is 2. The number of carbonyl (C=O) groups excluding carboxylic acids is 1. The molecule has 0 aliphatic rings. The summed E-state index contributed by atoms with van der Waals surface area (Å²) < 4.78 is 0. The van der Waals surface area contributed by atoms with Crippen LogP contribution in [0.4, 0.5) is 0 Å². The maximum absolute atomic E-state index is 11.8. The van der Waals surface area contributed by atoms with Gasteiger partial charge in [0.1, 0.15) is 0 Å². The molecule has 0 radical (unpaired) electrons. The largest absolute Gasteiger partial charge is 0.352 e. The molecule has 1 atom stereocenters. The van der Waals surface area contributed by atoms with Crippen LogP contribution in [0.3, 0.4) is 0 Å². The van der Waals surface area contributed by atoms with Gasteiger partial charge in [-0.05, 0) is 24.5 Å². The zero-order chi connectivity index (χ0) is 12.5. The Bertz CT molecular complexity index is 324. The number of unbranched alkanes of at least 4 members (excludes halogenated alkanes) is 1. The Kier molecular flexibility index (Phi) is 6.30. The summed E-state index contributed by atoms with van der Waals surface area (Å²) in [5.74, 6) is 0.600. The monoisotopic (exact) mass is 234 g/mol. The molecule has 1 aromatic rings. The molecule has 1 aromatic heterocycles. The molecule has 0 aliphatic carbocycles. The number of carbonyl (C=O) groups is 1. The van der Waals surface area contributed by atoms with E-state index in [1.165, 1.54) is 19.3 Å². The first-order valence-electron chi connectivity index (χ1n) is 6.46. The number of amides is 1. The predicted molar refractivity (Wildman–Crippen MR) is 69.9 cm³/mol. The lowest BCUT2D eigenvalue weighted by Gasteiger charge is -2.15. The van der Waals surface area contributed by atoms with E-state index in [1.54, 1.807) is 24.5 Å². The summed E-state index contributed by atoms with van der Waals surface area (Å²) in [5, 5.41) is 2.99. The fourth-order valence-electron chi connectivity index (χ4n) is 1.79. The van der Waals surface area contributed by atoms with Gasteiger partial charge in [0.25, 0.3) is 5.91 Å². The highest BCUT2D eigenvalue weighted by Gasteiger charge is 2.09. The van der Waals surface area contributed by atoms with Gasteiger partial charge < -0.3 is 5.32 Å². The van der Waals surface area contributed by atoms with Crippen molar-refractivity contribution in [2.75, 3.05) is 6.54 Å². The quantitative estimate of drug-likeness (QED) is 0.788. The van der Waals surface area contributed by atoms with Crippen LogP contribution in [0.2, 0.25) is 0 Å². The van der Waals surface area contributed by atoms with E-state index in [-0.39, 0.29) is 5.91 Å². The second-order valence-electron chi connectivity index (χ2n) is 4.36. The van der Waals surface area contributed by atoms with E-state index in [9.17, 15) is 4.79 Å². The van der Waals surface area contributed by atoms with E-state index >= 15 is 0 Å². The SMILES string of the molecule is CCCC[C@H](CC)CNC(=O)c1ccncc1. The maximum Gasteiger partial charge on any atom is 0.251 e. The van der Waals surface area contributed by atoms with E-state index in [0.717, 1.165) is 13.0 Å². The van der Waals surface area contributed by atoms with Crippen LogP contribution >= 0.6 is 0 Å². The van der Waals surface area contributed by atoms with Crippen molar-refractivity contribution in [3.63, 3.8) is 0 Å². The Morgan fingerprint density at radius 3 is 2.65 bits per heavy atom. The van der Waals surface area contributed by atoms with Crippen LogP contribution in [0, 0.1) is 5.92 Å². The Morgan fingerprint density at radius 2 is 2.06 bits per heavy atom. The van der Waals surface area contributed by atoms with Gasteiger partial charge in [0.2, 0.25) is 0 Å². The van der Waals surface area contributed by atoms with E-state index < -0.39 is 0 Å². The van der Waals surface area contributed by atoms with Crippen LogP contribution < -0.4 is 5.32 Å². The van der Waals surface area contributed by atoms with Crippen LogP contribution in [-0.4, -0.2) is 17.4 Å². The van der Waals surface area contributed by atoms with Crippen LogP contribution in [0.1, 0.15) is 49.9 Å². The first-order chi connectivity index (χ1) is 8.27. The molecule has 0 saturated heterocycles. The van der Waals surface area contributed by atoms with Crippen molar-refractivity contribution in [2.24, 2.45) is 5.92 Å². The standard InChI is InChI=1S/C14H22N2O/c1-3-5-6-12(4-2)11-16-14(17)13-7-9-15-10-8-13/h7-10,12H,3-6,11H2,1-2H3,(H,16,17)/t12-/m0/s1. The Labute approximate surface area is 104 Å². The smallest absolute Gasteiger partial charge is 0.251 e. The van der Waals surface area contributed by atoms with Crippen molar-refractivity contribution in [1.29, 1.82) is 0 Å². The van der Waals surface area contributed by atoms with Crippen molar-refractivity contribution in [3.05, 3.63) is 30.1 Å². The molecule has 1 rings (SSSR count). The van der Waals surface area contributed by atoms with Gasteiger partial charge >= 0.3 is 0 Å². The minimum absolute atomic E-state index is 0.00217. The topological polar surface area (TPSA) is 42.0 Å². The highest BCUT2D eigenvalue weighted by Crippen LogP contribution is 2.11. The minimum Gasteiger partial charge on any atom is -0.352 e. The average molecular weight is 234 g/mol. The lowest BCUT2D eigenvalue weighted by molar-refractivity contribution is 0.0945. The molecular formula is C14H22N2O. The molecule has 0 aromatic carbocycles. The summed E-state index contributed by atoms with van der Waals surface area (Å²) in [6, 6.07) is 3.48. The first-order valence-corrected chi connectivity index (χ1v) is 6.46. The molecule has 1 N–H and O–H groups in total. The minimum atomic E-state index is 0.00217. The predicted octanol–water partition coefficient (Wildman–Crippen LogP) is 3.03. The molecule has 0 unspecified atom stereocenters. The maximum atomic E-state index is 11.8. The van der Waals surface area contributed by atoms with Gasteiger partial charge in [-0.1, -0.05) is 33.1 Å². The number of nitrogens with one attached hydrogen (secondary N) is 1.